The molecule has 88 valence electrons. The number of carboxylic acids is 1. The highest BCUT2D eigenvalue weighted by Gasteiger charge is 2.17. The van der Waals surface area contributed by atoms with Crippen LogP contribution in [0.25, 0.3) is 11.3 Å². The average Bonchev–Trinajstić information content (AvgIpc) is 2.58. The van der Waals surface area contributed by atoms with Crippen LogP contribution in [0.3, 0.4) is 0 Å². The van der Waals surface area contributed by atoms with E-state index in [4.69, 9.17) is 16.7 Å². The summed E-state index contributed by atoms with van der Waals surface area (Å²) in [6.45, 7) is 1.80. The molecule has 2 rings (SSSR count). The van der Waals surface area contributed by atoms with Crippen molar-refractivity contribution in [3.05, 3.63) is 34.7 Å². The Morgan fingerprint density at radius 1 is 1.47 bits per heavy atom. The van der Waals surface area contributed by atoms with Gasteiger partial charge in [0.05, 0.1) is 11.9 Å². The zero-order valence-corrected chi connectivity index (χ0v) is 10.1. The number of carboxylic acid groups (broad SMARTS) is 1. The Labute approximate surface area is 103 Å². The number of rotatable bonds is 2. The zero-order valence-electron chi connectivity index (χ0n) is 9.31. The third-order valence-corrected chi connectivity index (χ3v) is 2.56. The van der Waals surface area contributed by atoms with Crippen molar-refractivity contribution in [2.45, 2.75) is 6.92 Å². The quantitative estimate of drug-likeness (QED) is 0.831. The maximum absolute atomic E-state index is 11.1. The Kier molecular flexibility index (Phi) is 2.85. The number of aromatic carboxylic acids is 1. The van der Waals surface area contributed by atoms with Gasteiger partial charge in [0, 0.05) is 18.3 Å². The summed E-state index contributed by atoms with van der Waals surface area (Å²) in [7, 11) is 1.69. The van der Waals surface area contributed by atoms with E-state index in [0.717, 1.165) is 5.69 Å². The minimum atomic E-state index is -1.02. The molecular weight excluding hydrogens is 242 g/mol. The number of carbonyl (C=O) groups is 1. The fraction of sp³-hybridized carbons (Fsp3) is 0.182. The molecular formula is C11H10ClN3O2. The summed E-state index contributed by atoms with van der Waals surface area (Å²) < 4.78 is 1.51. The second-order valence-corrected chi connectivity index (χ2v) is 4.04. The topological polar surface area (TPSA) is 68.0 Å². The summed E-state index contributed by atoms with van der Waals surface area (Å²) in [4.78, 5) is 15.1. The summed E-state index contributed by atoms with van der Waals surface area (Å²) in [5.41, 5.74) is 2.09. The normalized spacial score (nSPS) is 10.5. The molecule has 0 fully saturated rings. The number of halogens is 1. The lowest BCUT2D eigenvalue weighted by atomic mass is 10.1. The number of aromatic nitrogens is 3. The van der Waals surface area contributed by atoms with Crippen molar-refractivity contribution in [3.8, 4) is 11.3 Å². The zero-order chi connectivity index (χ0) is 12.6. The molecule has 0 unspecified atom stereocenters. The molecule has 1 N–H and O–H groups in total. The fourth-order valence-electron chi connectivity index (χ4n) is 1.70. The van der Waals surface area contributed by atoms with Crippen LogP contribution >= 0.6 is 11.6 Å². The standard InChI is InChI=1S/C11H10ClN3O2/c1-6-3-7(4-9(12)14-6)10-8(11(16)17)5-13-15(10)2/h3-5H,1-2H3,(H,16,17). The highest BCUT2D eigenvalue weighted by molar-refractivity contribution is 6.29. The van der Waals surface area contributed by atoms with Crippen LogP contribution in [0.5, 0.6) is 0 Å². The maximum atomic E-state index is 11.1. The number of aryl methyl sites for hydroxylation is 2. The van der Waals surface area contributed by atoms with Crippen LogP contribution in [-0.4, -0.2) is 25.8 Å². The molecule has 0 aromatic carbocycles. The van der Waals surface area contributed by atoms with Gasteiger partial charge in [-0.05, 0) is 19.1 Å². The summed E-state index contributed by atoms with van der Waals surface area (Å²) in [5, 5.41) is 13.4. The van der Waals surface area contributed by atoms with Gasteiger partial charge in [-0.1, -0.05) is 11.6 Å². The first kappa shape index (κ1) is 11.6. The van der Waals surface area contributed by atoms with Crippen molar-refractivity contribution in [1.82, 2.24) is 14.8 Å². The molecule has 0 amide bonds. The van der Waals surface area contributed by atoms with E-state index in [9.17, 15) is 4.79 Å². The molecule has 5 nitrogen and oxygen atoms in total. The molecule has 0 aliphatic carbocycles. The van der Waals surface area contributed by atoms with E-state index in [0.29, 0.717) is 16.4 Å². The molecule has 0 aliphatic rings. The Balaban J connectivity index is 2.67. The van der Waals surface area contributed by atoms with Crippen molar-refractivity contribution >= 4 is 17.6 Å². The van der Waals surface area contributed by atoms with Crippen LogP contribution in [-0.2, 0) is 7.05 Å². The highest BCUT2D eigenvalue weighted by atomic mass is 35.5. The van der Waals surface area contributed by atoms with Crippen LogP contribution in [0.1, 0.15) is 16.1 Å². The van der Waals surface area contributed by atoms with Crippen molar-refractivity contribution < 1.29 is 9.90 Å². The van der Waals surface area contributed by atoms with Gasteiger partial charge in [0.25, 0.3) is 0 Å². The Morgan fingerprint density at radius 2 is 2.18 bits per heavy atom. The molecule has 0 saturated carbocycles. The second kappa shape index (κ2) is 4.18. The lowest BCUT2D eigenvalue weighted by Gasteiger charge is -2.05. The number of pyridine rings is 1. The third kappa shape index (κ3) is 2.14. The van der Waals surface area contributed by atoms with E-state index in [1.807, 2.05) is 0 Å². The summed E-state index contributed by atoms with van der Waals surface area (Å²) in [6.07, 6.45) is 1.32. The maximum Gasteiger partial charge on any atom is 0.339 e. The van der Waals surface area contributed by atoms with E-state index >= 15 is 0 Å². The van der Waals surface area contributed by atoms with Crippen molar-refractivity contribution in [1.29, 1.82) is 0 Å². The summed E-state index contributed by atoms with van der Waals surface area (Å²) in [6, 6.07) is 3.40. The van der Waals surface area contributed by atoms with E-state index in [1.165, 1.54) is 10.9 Å². The Morgan fingerprint density at radius 3 is 2.76 bits per heavy atom. The van der Waals surface area contributed by atoms with E-state index < -0.39 is 5.97 Å². The Hall–Kier alpha value is -1.88. The Bertz CT molecular complexity index is 572. The first-order valence-corrected chi connectivity index (χ1v) is 5.26. The molecule has 6 heteroatoms. The SMILES string of the molecule is Cc1cc(-c2c(C(=O)O)cnn2C)cc(Cl)n1. The molecule has 17 heavy (non-hydrogen) atoms. The van der Waals surface area contributed by atoms with Gasteiger partial charge < -0.3 is 5.11 Å². The summed E-state index contributed by atoms with van der Waals surface area (Å²) >= 11 is 5.86. The van der Waals surface area contributed by atoms with Gasteiger partial charge in [-0.2, -0.15) is 5.10 Å². The minimum Gasteiger partial charge on any atom is -0.478 e. The van der Waals surface area contributed by atoms with Gasteiger partial charge in [-0.25, -0.2) is 9.78 Å². The summed E-state index contributed by atoms with van der Waals surface area (Å²) in [5.74, 6) is -1.02. The average molecular weight is 252 g/mol. The van der Waals surface area contributed by atoms with Crippen LogP contribution in [0, 0.1) is 6.92 Å². The molecule has 2 heterocycles. The van der Waals surface area contributed by atoms with Gasteiger partial charge in [0.1, 0.15) is 10.7 Å². The van der Waals surface area contributed by atoms with Crippen molar-refractivity contribution in [2.75, 3.05) is 0 Å². The second-order valence-electron chi connectivity index (χ2n) is 3.66. The highest BCUT2D eigenvalue weighted by Crippen LogP contribution is 2.25. The van der Waals surface area contributed by atoms with Gasteiger partial charge in [-0.15, -0.1) is 0 Å². The van der Waals surface area contributed by atoms with Gasteiger partial charge in [-0.3, -0.25) is 4.68 Å². The van der Waals surface area contributed by atoms with Gasteiger partial charge >= 0.3 is 5.97 Å². The molecule has 2 aromatic heterocycles. The van der Waals surface area contributed by atoms with Crippen LogP contribution in [0.15, 0.2) is 18.3 Å². The number of hydrogen-bond donors (Lipinski definition) is 1. The third-order valence-electron chi connectivity index (χ3n) is 2.36. The molecule has 0 spiro atoms. The molecule has 0 saturated heterocycles. The van der Waals surface area contributed by atoms with E-state index in [2.05, 4.69) is 10.1 Å². The first-order valence-electron chi connectivity index (χ1n) is 4.89. The van der Waals surface area contributed by atoms with Crippen LogP contribution in [0.2, 0.25) is 5.15 Å². The molecule has 0 bridgehead atoms. The molecule has 0 radical (unpaired) electrons. The molecule has 2 aromatic rings. The van der Waals surface area contributed by atoms with E-state index in [1.54, 1.807) is 26.1 Å². The largest absolute Gasteiger partial charge is 0.478 e. The van der Waals surface area contributed by atoms with Gasteiger partial charge in [0.2, 0.25) is 0 Å². The lowest BCUT2D eigenvalue weighted by molar-refractivity contribution is 0.0697. The predicted molar refractivity (Wildman–Crippen MR) is 63.1 cm³/mol. The van der Waals surface area contributed by atoms with Crippen molar-refractivity contribution in [3.63, 3.8) is 0 Å². The molecule has 0 atom stereocenters. The van der Waals surface area contributed by atoms with Gasteiger partial charge in [0.15, 0.2) is 0 Å². The molecule has 0 aliphatic heterocycles. The minimum absolute atomic E-state index is 0.147. The smallest absolute Gasteiger partial charge is 0.339 e. The lowest BCUT2D eigenvalue weighted by Crippen LogP contribution is -2.01. The monoisotopic (exact) mass is 251 g/mol. The number of hydrogen-bond acceptors (Lipinski definition) is 3. The van der Waals surface area contributed by atoms with E-state index in [-0.39, 0.29) is 5.56 Å². The van der Waals surface area contributed by atoms with Crippen LogP contribution < -0.4 is 0 Å². The first-order chi connectivity index (χ1) is 7.99. The van der Waals surface area contributed by atoms with Crippen molar-refractivity contribution in [2.24, 2.45) is 7.05 Å². The van der Waals surface area contributed by atoms with Crippen LogP contribution in [0.4, 0.5) is 0 Å². The fourth-order valence-corrected chi connectivity index (χ4v) is 1.95. The predicted octanol–water partition coefficient (Wildman–Crippen LogP) is 2.14. The number of nitrogens with zero attached hydrogens (tertiary/aromatic N) is 3.